The molecule has 0 amide bonds. The first-order chi connectivity index (χ1) is 5.74. The van der Waals surface area contributed by atoms with Crippen LogP contribution >= 0.6 is 11.6 Å². The zero-order valence-electron chi connectivity index (χ0n) is 6.69. The molecule has 0 spiro atoms. The van der Waals surface area contributed by atoms with E-state index in [0.29, 0.717) is 6.54 Å². The largest absolute Gasteiger partial charge is 0.330 e. The van der Waals surface area contributed by atoms with E-state index in [4.69, 9.17) is 17.3 Å². The molecule has 0 unspecified atom stereocenters. The van der Waals surface area contributed by atoms with E-state index in [0.717, 1.165) is 18.4 Å². The van der Waals surface area contributed by atoms with E-state index in [1.165, 1.54) is 6.07 Å². The predicted octanol–water partition coefficient (Wildman–Crippen LogP) is 2.37. The van der Waals surface area contributed by atoms with Gasteiger partial charge in [-0.3, -0.25) is 0 Å². The Morgan fingerprint density at radius 3 is 2.75 bits per heavy atom. The van der Waals surface area contributed by atoms with Gasteiger partial charge >= 0.3 is 0 Å². The third-order valence-electron chi connectivity index (χ3n) is 1.65. The van der Waals surface area contributed by atoms with Crippen molar-refractivity contribution in [3.8, 4) is 0 Å². The van der Waals surface area contributed by atoms with E-state index in [9.17, 15) is 4.39 Å². The Morgan fingerprint density at radius 2 is 2.17 bits per heavy atom. The molecule has 2 N–H and O–H groups in total. The minimum Gasteiger partial charge on any atom is -0.330 e. The fourth-order valence-electron chi connectivity index (χ4n) is 1.00. The van der Waals surface area contributed by atoms with Gasteiger partial charge in [0.15, 0.2) is 0 Å². The minimum absolute atomic E-state index is 0.185. The van der Waals surface area contributed by atoms with Gasteiger partial charge < -0.3 is 5.73 Å². The second-order valence-electron chi connectivity index (χ2n) is 2.64. The lowest BCUT2D eigenvalue weighted by molar-refractivity contribution is 0.627. The second-order valence-corrected chi connectivity index (χ2v) is 3.05. The molecule has 0 saturated carbocycles. The van der Waals surface area contributed by atoms with Crippen LogP contribution in [0.25, 0.3) is 0 Å². The van der Waals surface area contributed by atoms with E-state index < -0.39 is 0 Å². The normalized spacial score (nSPS) is 10.2. The van der Waals surface area contributed by atoms with Gasteiger partial charge in [-0.1, -0.05) is 17.7 Å². The van der Waals surface area contributed by atoms with E-state index in [-0.39, 0.29) is 10.8 Å². The number of benzene rings is 1. The maximum absolute atomic E-state index is 12.7. The summed E-state index contributed by atoms with van der Waals surface area (Å²) < 4.78 is 12.7. The van der Waals surface area contributed by atoms with Crippen LogP contribution in [0, 0.1) is 5.82 Å². The van der Waals surface area contributed by atoms with Crippen molar-refractivity contribution in [2.45, 2.75) is 12.8 Å². The molecule has 0 aromatic heterocycles. The monoisotopic (exact) mass is 187 g/mol. The third kappa shape index (κ3) is 2.47. The number of nitrogens with two attached hydrogens (primary N) is 1. The summed E-state index contributed by atoms with van der Waals surface area (Å²) in [7, 11) is 0. The highest BCUT2D eigenvalue weighted by Crippen LogP contribution is 2.16. The van der Waals surface area contributed by atoms with Crippen LogP contribution < -0.4 is 5.73 Å². The fourth-order valence-corrected chi connectivity index (χ4v) is 1.20. The van der Waals surface area contributed by atoms with Gasteiger partial charge in [0.2, 0.25) is 0 Å². The first kappa shape index (κ1) is 9.49. The van der Waals surface area contributed by atoms with E-state index >= 15 is 0 Å². The molecule has 1 aromatic rings. The van der Waals surface area contributed by atoms with Crippen LogP contribution in [-0.4, -0.2) is 6.54 Å². The summed E-state index contributed by atoms with van der Waals surface area (Å²) in [5.74, 6) is -0.367. The average Bonchev–Trinajstić information content (AvgIpc) is 2.07. The van der Waals surface area contributed by atoms with Gasteiger partial charge in [0.05, 0.1) is 5.02 Å². The molecular weight excluding hydrogens is 177 g/mol. The summed E-state index contributed by atoms with van der Waals surface area (Å²) in [6.07, 6.45) is 1.76. The Kier molecular flexibility index (Phi) is 3.50. The molecule has 0 aliphatic heterocycles. The molecule has 3 heteroatoms. The highest BCUT2D eigenvalue weighted by molar-refractivity contribution is 6.30. The maximum Gasteiger partial charge on any atom is 0.141 e. The Bertz CT molecular complexity index is 263. The fraction of sp³-hybridized carbons (Fsp3) is 0.333. The second kappa shape index (κ2) is 4.43. The number of halogens is 2. The van der Waals surface area contributed by atoms with Gasteiger partial charge in [-0.15, -0.1) is 0 Å². The van der Waals surface area contributed by atoms with Crippen LogP contribution in [0.4, 0.5) is 4.39 Å². The van der Waals surface area contributed by atoms with E-state index in [1.54, 1.807) is 12.1 Å². The molecule has 0 heterocycles. The maximum atomic E-state index is 12.7. The molecule has 0 radical (unpaired) electrons. The third-order valence-corrected chi connectivity index (χ3v) is 1.94. The lowest BCUT2D eigenvalue weighted by atomic mass is 10.1. The summed E-state index contributed by atoms with van der Waals surface area (Å²) in [6.45, 7) is 0.648. The molecule has 0 atom stereocenters. The highest BCUT2D eigenvalue weighted by Gasteiger charge is 1.99. The molecule has 0 saturated heterocycles. The van der Waals surface area contributed by atoms with Crippen molar-refractivity contribution in [1.29, 1.82) is 0 Å². The van der Waals surface area contributed by atoms with Gasteiger partial charge in [-0.05, 0) is 37.1 Å². The highest BCUT2D eigenvalue weighted by atomic mass is 35.5. The molecule has 1 nitrogen and oxygen atoms in total. The standard InChI is InChI=1S/C9H11ClFN/c10-8-6-7(2-1-5-12)3-4-9(8)11/h3-4,6H,1-2,5,12H2. The van der Waals surface area contributed by atoms with Gasteiger partial charge in [0.25, 0.3) is 0 Å². The molecular formula is C9H11ClFN. The lowest BCUT2D eigenvalue weighted by Crippen LogP contribution is -2.00. The summed E-state index contributed by atoms with van der Waals surface area (Å²) in [5.41, 5.74) is 6.37. The van der Waals surface area contributed by atoms with Gasteiger partial charge in [0.1, 0.15) is 5.82 Å². The van der Waals surface area contributed by atoms with Crippen LogP contribution in [0.3, 0.4) is 0 Å². The van der Waals surface area contributed by atoms with Crippen molar-refractivity contribution in [3.63, 3.8) is 0 Å². The Labute approximate surface area is 76.3 Å². The molecule has 66 valence electrons. The number of aryl methyl sites for hydroxylation is 1. The van der Waals surface area contributed by atoms with Crippen molar-refractivity contribution in [2.24, 2.45) is 5.73 Å². The summed E-state index contributed by atoms with van der Waals surface area (Å²) in [4.78, 5) is 0. The smallest absolute Gasteiger partial charge is 0.141 e. The van der Waals surface area contributed by atoms with Crippen LogP contribution in [0.5, 0.6) is 0 Å². The van der Waals surface area contributed by atoms with Crippen LogP contribution in [0.2, 0.25) is 5.02 Å². The quantitative estimate of drug-likeness (QED) is 0.773. The SMILES string of the molecule is NCCCc1ccc(F)c(Cl)c1. The molecule has 1 aromatic carbocycles. The van der Waals surface area contributed by atoms with Gasteiger partial charge in [-0.2, -0.15) is 0 Å². The predicted molar refractivity (Wildman–Crippen MR) is 48.8 cm³/mol. The van der Waals surface area contributed by atoms with Crippen molar-refractivity contribution < 1.29 is 4.39 Å². The zero-order chi connectivity index (χ0) is 8.97. The van der Waals surface area contributed by atoms with Crippen molar-refractivity contribution >= 4 is 11.6 Å². The van der Waals surface area contributed by atoms with Gasteiger partial charge in [0, 0.05) is 0 Å². The minimum atomic E-state index is -0.367. The Hall–Kier alpha value is -0.600. The van der Waals surface area contributed by atoms with Crippen LogP contribution in [0.15, 0.2) is 18.2 Å². The van der Waals surface area contributed by atoms with Crippen LogP contribution in [-0.2, 0) is 6.42 Å². The molecule has 0 aliphatic carbocycles. The number of hydrogen-bond acceptors (Lipinski definition) is 1. The molecule has 0 bridgehead atoms. The zero-order valence-corrected chi connectivity index (χ0v) is 7.44. The molecule has 0 fully saturated rings. The summed E-state index contributed by atoms with van der Waals surface area (Å²) in [6, 6.07) is 4.76. The first-order valence-corrected chi connectivity index (χ1v) is 4.26. The Morgan fingerprint density at radius 1 is 1.42 bits per heavy atom. The Balaban J connectivity index is 2.69. The lowest BCUT2D eigenvalue weighted by Gasteiger charge is -2.00. The van der Waals surface area contributed by atoms with Crippen molar-refractivity contribution in [2.75, 3.05) is 6.54 Å². The number of hydrogen-bond donors (Lipinski definition) is 1. The van der Waals surface area contributed by atoms with Crippen molar-refractivity contribution in [3.05, 3.63) is 34.6 Å². The number of rotatable bonds is 3. The van der Waals surface area contributed by atoms with Gasteiger partial charge in [-0.25, -0.2) is 4.39 Å². The van der Waals surface area contributed by atoms with Crippen molar-refractivity contribution in [1.82, 2.24) is 0 Å². The summed E-state index contributed by atoms with van der Waals surface area (Å²) in [5, 5.41) is 0.185. The molecule has 0 aliphatic rings. The molecule has 1 rings (SSSR count). The average molecular weight is 188 g/mol. The summed E-state index contributed by atoms with van der Waals surface area (Å²) >= 11 is 5.59. The van der Waals surface area contributed by atoms with Crippen LogP contribution in [0.1, 0.15) is 12.0 Å². The molecule has 12 heavy (non-hydrogen) atoms. The first-order valence-electron chi connectivity index (χ1n) is 3.88. The topological polar surface area (TPSA) is 26.0 Å². The van der Waals surface area contributed by atoms with E-state index in [1.807, 2.05) is 0 Å². The van der Waals surface area contributed by atoms with E-state index in [2.05, 4.69) is 0 Å².